The number of carbonyl (C=O) groups is 2. The van der Waals surface area contributed by atoms with Crippen molar-refractivity contribution < 1.29 is 18.9 Å². The van der Waals surface area contributed by atoms with Crippen LogP contribution in [0.15, 0.2) is 30.6 Å². The maximum Gasteiger partial charge on any atom is 0.305 e. The van der Waals surface area contributed by atoms with Gasteiger partial charge in [0.15, 0.2) is 12.4 Å². The van der Waals surface area contributed by atoms with E-state index < -0.39 is 0 Å². The van der Waals surface area contributed by atoms with Gasteiger partial charge in [0.1, 0.15) is 6.61 Å². The number of pyridine rings is 1. The van der Waals surface area contributed by atoms with Crippen molar-refractivity contribution in [1.29, 1.82) is 0 Å². The molecule has 5 heteroatoms. The second-order valence-electron chi connectivity index (χ2n) is 6.34. The summed E-state index contributed by atoms with van der Waals surface area (Å²) < 4.78 is 6.94. The Bertz CT molecular complexity index is 477. The monoisotopic (exact) mass is 349 g/mol. The molecule has 1 heterocycles. The third-order valence-electron chi connectivity index (χ3n) is 4.03. The Hall–Kier alpha value is -1.91. The minimum absolute atomic E-state index is 0.0877. The van der Waals surface area contributed by atoms with Gasteiger partial charge in [-0.15, -0.1) is 0 Å². The molecule has 0 bridgehead atoms. The third kappa shape index (κ3) is 12.1. The molecule has 1 amide bonds. The fraction of sp³-hybridized carbons (Fsp3) is 0.650. The van der Waals surface area contributed by atoms with Crippen LogP contribution < -0.4 is 9.88 Å². The number of hydrogen-bond acceptors (Lipinski definition) is 3. The topological polar surface area (TPSA) is 59.3 Å². The first-order valence-corrected chi connectivity index (χ1v) is 9.58. The number of nitrogens with one attached hydrogen (secondary N) is 1. The predicted octanol–water partition coefficient (Wildman–Crippen LogP) is 3.16. The van der Waals surface area contributed by atoms with Crippen LogP contribution in [-0.2, 0) is 20.9 Å². The predicted molar refractivity (Wildman–Crippen MR) is 97.8 cm³/mol. The molecule has 0 saturated heterocycles. The summed E-state index contributed by atoms with van der Waals surface area (Å²) >= 11 is 0. The Balaban J connectivity index is 1.92. The van der Waals surface area contributed by atoms with Crippen molar-refractivity contribution in [1.82, 2.24) is 5.32 Å². The maximum atomic E-state index is 11.7. The molecular weight excluding hydrogens is 316 g/mol. The number of unbranched alkanes of at least 4 members (excludes halogenated alkanes) is 7. The van der Waals surface area contributed by atoms with Crippen molar-refractivity contribution in [3.8, 4) is 0 Å². The molecule has 25 heavy (non-hydrogen) atoms. The van der Waals surface area contributed by atoms with Crippen LogP contribution in [0.3, 0.4) is 0 Å². The number of aromatic nitrogens is 1. The van der Waals surface area contributed by atoms with E-state index in [1.54, 1.807) is 4.57 Å². The number of carbonyl (C=O) groups excluding carboxylic acids is 2. The Morgan fingerprint density at radius 3 is 2.24 bits per heavy atom. The van der Waals surface area contributed by atoms with Gasteiger partial charge in [-0.05, 0) is 6.42 Å². The molecule has 0 atom stereocenters. The Kier molecular flexibility index (Phi) is 12.2. The molecule has 0 fully saturated rings. The largest absolute Gasteiger partial charge is 0.464 e. The summed E-state index contributed by atoms with van der Waals surface area (Å²) in [6.45, 7) is 3.09. The summed E-state index contributed by atoms with van der Waals surface area (Å²) in [6, 6.07) is 5.65. The van der Waals surface area contributed by atoms with Crippen molar-refractivity contribution in [2.45, 2.75) is 71.3 Å². The normalized spacial score (nSPS) is 10.4. The highest BCUT2D eigenvalue weighted by molar-refractivity contribution is 5.74. The molecule has 0 radical (unpaired) electrons. The molecule has 0 unspecified atom stereocenters. The van der Waals surface area contributed by atoms with E-state index in [4.69, 9.17) is 4.74 Å². The van der Waals surface area contributed by atoms with E-state index in [0.29, 0.717) is 13.0 Å². The lowest BCUT2D eigenvalue weighted by molar-refractivity contribution is -0.684. The lowest BCUT2D eigenvalue weighted by Crippen LogP contribution is -2.43. The third-order valence-corrected chi connectivity index (χ3v) is 4.03. The van der Waals surface area contributed by atoms with Crippen LogP contribution in [0.25, 0.3) is 0 Å². The van der Waals surface area contributed by atoms with E-state index in [0.717, 1.165) is 12.8 Å². The van der Waals surface area contributed by atoms with Crippen molar-refractivity contribution in [3.05, 3.63) is 30.6 Å². The average Bonchev–Trinajstić information content (AvgIpc) is 2.62. The van der Waals surface area contributed by atoms with Gasteiger partial charge in [-0.2, -0.15) is 4.57 Å². The fourth-order valence-electron chi connectivity index (χ4n) is 2.59. The molecule has 0 saturated carbocycles. The summed E-state index contributed by atoms with van der Waals surface area (Å²) in [4.78, 5) is 23.3. The lowest BCUT2D eigenvalue weighted by atomic mass is 10.1. The molecule has 0 aliphatic carbocycles. The Morgan fingerprint density at radius 1 is 0.920 bits per heavy atom. The second-order valence-corrected chi connectivity index (χ2v) is 6.34. The van der Waals surface area contributed by atoms with Gasteiger partial charge in [-0.1, -0.05) is 57.9 Å². The average molecular weight is 349 g/mol. The summed E-state index contributed by atoms with van der Waals surface area (Å²) in [6.07, 6.45) is 13.8. The molecule has 1 aromatic rings. The lowest BCUT2D eigenvalue weighted by Gasteiger charge is -2.06. The van der Waals surface area contributed by atoms with Gasteiger partial charge in [0, 0.05) is 18.6 Å². The second kappa shape index (κ2) is 14.4. The minimum Gasteiger partial charge on any atom is -0.464 e. The smallest absolute Gasteiger partial charge is 0.305 e. The number of nitrogens with zero attached hydrogens (tertiary/aromatic N) is 1. The minimum atomic E-state index is -0.169. The first-order valence-electron chi connectivity index (χ1n) is 9.58. The number of amides is 1. The van der Waals surface area contributed by atoms with Gasteiger partial charge in [0.25, 0.3) is 5.91 Å². The molecule has 1 aromatic heterocycles. The maximum absolute atomic E-state index is 11.7. The zero-order chi connectivity index (χ0) is 18.2. The highest BCUT2D eigenvalue weighted by Gasteiger charge is 2.08. The van der Waals surface area contributed by atoms with Gasteiger partial charge in [0.05, 0.1) is 6.54 Å². The van der Waals surface area contributed by atoms with Crippen LogP contribution in [0, 0.1) is 0 Å². The van der Waals surface area contributed by atoms with Gasteiger partial charge in [0.2, 0.25) is 6.54 Å². The van der Waals surface area contributed by atoms with E-state index in [1.807, 2.05) is 30.6 Å². The van der Waals surface area contributed by atoms with Gasteiger partial charge >= 0.3 is 5.97 Å². The standard InChI is InChI=1S/C20H32N2O3/c1-2-3-4-5-6-7-8-10-13-20(24)25-17-14-21-19(23)18-22-15-11-9-12-16-22/h9,11-12,15-16H,2-8,10,13-14,17-18H2,1H3/p+1. The van der Waals surface area contributed by atoms with Crippen LogP contribution in [0.2, 0.25) is 0 Å². The molecule has 0 aliphatic rings. The van der Waals surface area contributed by atoms with Crippen LogP contribution >= 0.6 is 0 Å². The fourth-order valence-corrected chi connectivity index (χ4v) is 2.59. The van der Waals surface area contributed by atoms with E-state index >= 15 is 0 Å². The van der Waals surface area contributed by atoms with Crippen molar-refractivity contribution in [2.24, 2.45) is 0 Å². The van der Waals surface area contributed by atoms with Gasteiger partial charge < -0.3 is 10.1 Å². The molecule has 0 aliphatic heterocycles. The molecular formula is C20H33N2O3+. The zero-order valence-corrected chi connectivity index (χ0v) is 15.5. The summed E-state index contributed by atoms with van der Waals surface area (Å²) in [5.74, 6) is -0.256. The molecule has 0 aromatic carbocycles. The molecule has 1 rings (SSSR count). The number of esters is 1. The SMILES string of the molecule is CCCCCCCCCCC(=O)OCCNC(=O)C[n+]1ccccc1. The van der Waals surface area contributed by atoms with Crippen LogP contribution in [-0.4, -0.2) is 25.0 Å². The quantitative estimate of drug-likeness (QED) is 0.319. The molecule has 140 valence electrons. The highest BCUT2D eigenvalue weighted by Crippen LogP contribution is 2.09. The highest BCUT2D eigenvalue weighted by atomic mass is 16.5. The molecule has 1 N–H and O–H groups in total. The number of ether oxygens (including phenoxy) is 1. The summed E-state index contributed by atoms with van der Waals surface area (Å²) in [5, 5.41) is 2.75. The zero-order valence-electron chi connectivity index (χ0n) is 15.5. The first-order chi connectivity index (χ1) is 12.2. The van der Waals surface area contributed by atoms with E-state index in [2.05, 4.69) is 12.2 Å². The van der Waals surface area contributed by atoms with E-state index in [9.17, 15) is 9.59 Å². The van der Waals surface area contributed by atoms with Crippen LogP contribution in [0.5, 0.6) is 0 Å². The van der Waals surface area contributed by atoms with Crippen molar-refractivity contribution in [3.63, 3.8) is 0 Å². The van der Waals surface area contributed by atoms with Gasteiger partial charge in [-0.25, -0.2) is 0 Å². The van der Waals surface area contributed by atoms with Crippen LogP contribution in [0.1, 0.15) is 64.7 Å². The van der Waals surface area contributed by atoms with Crippen molar-refractivity contribution >= 4 is 11.9 Å². The summed E-state index contributed by atoms with van der Waals surface area (Å²) in [5.41, 5.74) is 0. The van der Waals surface area contributed by atoms with E-state index in [-0.39, 0.29) is 25.0 Å². The molecule has 5 nitrogen and oxygen atoms in total. The van der Waals surface area contributed by atoms with E-state index in [1.165, 1.54) is 38.5 Å². The summed E-state index contributed by atoms with van der Waals surface area (Å²) in [7, 11) is 0. The number of rotatable bonds is 14. The van der Waals surface area contributed by atoms with Gasteiger partial charge in [-0.3, -0.25) is 9.59 Å². The first kappa shape index (κ1) is 21.1. The number of hydrogen-bond donors (Lipinski definition) is 1. The van der Waals surface area contributed by atoms with Crippen molar-refractivity contribution in [2.75, 3.05) is 13.2 Å². The Morgan fingerprint density at radius 2 is 1.56 bits per heavy atom. The molecule has 0 spiro atoms. The van der Waals surface area contributed by atoms with Crippen LogP contribution in [0.4, 0.5) is 0 Å². The Labute approximate surface area is 151 Å².